The Balaban J connectivity index is 1.74. The van der Waals surface area contributed by atoms with Gasteiger partial charge in [-0.2, -0.15) is 5.10 Å². The van der Waals surface area contributed by atoms with Crippen LogP contribution in [-0.4, -0.2) is 43.4 Å². The van der Waals surface area contributed by atoms with Crippen LogP contribution in [0.5, 0.6) is 11.5 Å². The van der Waals surface area contributed by atoms with Crippen LogP contribution >= 0.6 is 0 Å². The number of hydrogen-bond acceptors (Lipinski definition) is 6. The highest BCUT2D eigenvalue weighted by molar-refractivity contribution is 6.07. The highest BCUT2D eigenvalue weighted by Gasteiger charge is 2.44. The first-order valence-corrected chi connectivity index (χ1v) is 9.87. The molecule has 2 aliphatic rings. The smallest absolute Gasteiger partial charge is 0.303 e. The third-order valence-electron chi connectivity index (χ3n) is 5.64. The summed E-state index contributed by atoms with van der Waals surface area (Å²) >= 11 is 0. The number of hydrazone groups is 1. The summed E-state index contributed by atoms with van der Waals surface area (Å²) in [5, 5.41) is 6.20. The number of ether oxygens (including phenoxy) is 3. The Kier molecular flexibility index (Phi) is 5.44. The second kappa shape index (κ2) is 8.18. The molecule has 30 heavy (non-hydrogen) atoms. The number of benzene rings is 2. The molecule has 0 unspecified atom stereocenters. The molecule has 1 heterocycles. The molecule has 4 rings (SSSR count). The number of nitrogens with zero attached hydrogens (tertiary/aromatic N) is 2. The van der Waals surface area contributed by atoms with Crippen LogP contribution in [0.3, 0.4) is 0 Å². The summed E-state index contributed by atoms with van der Waals surface area (Å²) in [6, 6.07) is 13.4. The maximum atomic E-state index is 12.9. The van der Waals surface area contributed by atoms with Gasteiger partial charge in [0, 0.05) is 18.4 Å². The van der Waals surface area contributed by atoms with Crippen molar-refractivity contribution in [2.24, 2.45) is 11.0 Å². The van der Waals surface area contributed by atoms with Crippen molar-refractivity contribution in [2.45, 2.75) is 25.8 Å². The van der Waals surface area contributed by atoms with Crippen molar-refractivity contribution < 1.29 is 23.8 Å². The molecular formula is C23H24N2O5. The van der Waals surface area contributed by atoms with Gasteiger partial charge < -0.3 is 14.2 Å². The zero-order valence-electron chi connectivity index (χ0n) is 17.3. The Morgan fingerprint density at radius 2 is 1.77 bits per heavy atom. The van der Waals surface area contributed by atoms with E-state index in [0.717, 1.165) is 41.2 Å². The monoisotopic (exact) mass is 408 g/mol. The average Bonchev–Trinajstić information content (AvgIpc) is 3.17. The van der Waals surface area contributed by atoms with Gasteiger partial charge in [-0.1, -0.05) is 18.2 Å². The largest absolute Gasteiger partial charge is 0.497 e. The van der Waals surface area contributed by atoms with Gasteiger partial charge in [0.25, 0.3) is 5.91 Å². The molecule has 0 fully saturated rings. The Hall–Kier alpha value is -3.35. The van der Waals surface area contributed by atoms with Crippen LogP contribution < -0.4 is 9.47 Å². The van der Waals surface area contributed by atoms with Gasteiger partial charge in [0.15, 0.2) is 6.61 Å². The van der Waals surface area contributed by atoms with Gasteiger partial charge in [-0.3, -0.25) is 9.59 Å². The zero-order chi connectivity index (χ0) is 21.3. The molecule has 0 saturated carbocycles. The molecule has 7 nitrogen and oxygen atoms in total. The van der Waals surface area contributed by atoms with Crippen molar-refractivity contribution in [3.05, 3.63) is 59.2 Å². The topological polar surface area (TPSA) is 77.4 Å². The standard InChI is InChI=1S/C23H24N2O5/c1-14(26)30-13-21(27)25-23(16-5-8-17(28-2)9-6-16)19-11-7-15-4-10-18(29-3)12-20(15)22(19)24-25/h4-6,8-10,12,19,23H,7,11,13H2,1-3H3/t19-,23+/m1/s1. The Morgan fingerprint density at radius 3 is 2.43 bits per heavy atom. The molecule has 2 aromatic rings. The summed E-state index contributed by atoms with van der Waals surface area (Å²) in [6.07, 6.45) is 1.76. The number of hydrogen-bond donors (Lipinski definition) is 0. The first-order chi connectivity index (χ1) is 14.5. The molecule has 0 saturated heterocycles. The quantitative estimate of drug-likeness (QED) is 0.711. The minimum atomic E-state index is -0.497. The lowest BCUT2D eigenvalue weighted by Crippen LogP contribution is -2.34. The lowest BCUT2D eigenvalue weighted by atomic mass is 9.77. The number of rotatable bonds is 5. The number of amides is 1. The summed E-state index contributed by atoms with van der Waals surface area (Å²) in [7, 11) is 3.25. The Bertz CT molecular complexity index is 999. The van der Waals surface area contributed by atoms with Crippen LogP contribution in [0.4, 0.5) is 0 Å². The normalized spacial score (nSPS) is 19.4. The number of esters is 1. The third-order valence-corrected chi connectivity index (χ3v) is 5.64. The number of aryl methyl sites for hydroxylation is 1. The molecule has 2 atom stereocenters. The van der Waals surface area contributed by atoms with Crippen LogP contribution in [0.25, 0.3) is 0 Å². The highest BCUT2D eigenvalue weighted by Crippen LogP contribution is 2.44. The van der Waals surface area contributed by atoms with Crippen LogP contribution in [0.2, 0.25) is 0 Å². The zero-order valence-corrected chi connectivity index (χ0v) is 17.3. The second-order valence-corrected chi connectivity index (χ2v) is 7.39. The van der Waals surface area contributed by atoms with Gasteiger partial charge in [-0.05, 0) is 48.2 Å². The number of fused-ring (bicyclic) bond motifs is 3. The van der Waals surface area contributed by atoms with Gasteiger partial charge in [0.2, 0.25) is 0 Å². The van der Waals surface area contributed by atoms with Crippen LogP contribution in [0, 0.1) is 5.92 Å². The fraction of sp³-hybridized carbons (Fsp3) is 0.348. The SMILES string of the molecule is COc1ccc([C@H]2[C@@H]3CCc4ccc(OC)cc4C3=NN2C(=O)COC(C)=O)cc1. The lowest BCUT2D eigenvalue weighted by molar-refractivity contribution is -0.151. The first kappa shape index (κ1) is 19.9. The van der Waals surface area contributed by atoms with Crippen molar-refractivity contribution in [1.29, 1.82) is 0 Å². The van der Waals surface area contributed by atoms with Crippen molar-refractivity contribution in [3.8, 4) is 11.5 Å². The Labute approximate surface area is 175 Å². The summed E-state index contributed by atoms with van der Waals surface area (Å²) < 4.78 is 15.6. The van der Waals surface area contributed by atoms with E-state index in [9.17, 15) is 9.59 Å². The molecule has 0 radical (unpaired) electrons. The summed E-state index contributed by atoms with van der Waals surface area (Å²) in [4.78, 5) is 24.1. The minimum Gasteiger partial charge on any atom is -0.497 e. The summed E-state index contributed by atoms with van der Waals surface area (Å²) in [6.45, 7) is 0.947. The van der Waals surface area contributed by atoms with Gasteiger partial charge in [0.1, 0.15) is 11.5 Å². The van der Waals surface area contributed by atoms with E-state index in [1.807, 2.05) is 36.4 Å². The molecule has 1 aliphatic carbocycles. The number of carbonyl (C=O) groups is 2. The maximum absolute atomic E-state index is 12.9. The van der Waals surface area contributed by atoms with Crippen molar-refractivity contribution in [3.63, 3.8) is 0 Å². The summed E-state index contributed by atoms with van der Waals surface area (Å²) in [5.74, 6) is 0.692. The molecule has 156 valence electrons. The molecular weight excluding hydrogens is 384 g/mol. The minimum absolute atomic E-state index is 0.0410. The predicted octanol–water partition coefficient (Wildman–Crippen LogP) is 3.12. The molecule has 7 heteroatoms. The summed E-state index contributed by atoms with van der Waals surface area (Å²) in [5.41, 5.74) is 4.02. The third kappa shape index (κ3) is 3.63. The maximum Gasteiger partial charge on any atom is 0.303 e. The molecule has 0 aromatic heterocycles. The van der Waals surface area contributed by atoms with Crippen LogP contribution in [0.15, 0.2) is 47.6 Å². The highest BCUT2D eigenvalue weighted by atomic mass is 16.5. The number of carbonyl (C=O) groups excluding carboxylic acids is 2. The van der Waals surface area contributed by atoms with Crippen LogP contribution in [0.1, 0.15) is 36.1 Å². The lowest BCUT2D eigenvalue weighted by Gasteiger charge is -2.29. The second-order valence-electron chi connectivity index (χ2n) is 7.39. The average molecular weight is 408 g/mol. The Morgan fingerprint density at radius 1 is 1.07 bits per heavy atom. The van der Waals surface area contributed by atoms with Gasteiger partial charge in [-0.15, -0.1) is 0 Å². The molecule has 2 aromatic carbocycles. The molecule has 0 spiro atoms. The van der Waals surface area contributed by atoms with E-state index in [0.29, 0.717) is 0 Å². The van der Waals surface area contributed by atoms with Gasteiger partial charge in [-0.25, -0.2) is 5.01 Å². The van der Waals surface area contributed by atoms with E-state index in [-0.39, 0.29) is 24.5 Å². The molecule has 0 bridgehead atoms. The van der Waals surface area contributed by atoms with E-state index in [1.54, 1.807) is 14.2 Å². The predicted molar refractivity (Wildman–Crippen MR) is 111 cm³/mol. The molecule has 0 N–H and O–H groups in total. The molecule has 1 aliphatic heterocycles. The van der Waals surface area contributed by atoms with E-state index in [4.69, 9.17) is 19.3 Å². The van der Waals surface area contributed by atoms with E-state index in [2.05, 4.69) is 6.07 Å². The number of methoxy groups -OCH3 is 2. The first-order valence-electron chi connectivity index (χ1n) is 9.87. The van der Waals surface area contributed by atoms with Gasteiger partial charge >= 0.3 is 5.97 Å². The van der Waals surface area contributed by atoms with Crippen LogP contribution in [-0.2, 0) is 20.7 Å². The van der Waals surface area contributed by atoms with Crippen molar-refractivity contribution in [1.82, 2.24) is 5.01 Å². The van der Waals surface area contributed by atoms with E-state index >= 15 is 0 Å². The van der Waals surface area contributed by atoms with Crippen molar-refractivity contribution >= 4 is 17.6 Å². The van der Waals surface area contributed by atoms with E-state index < -0.39 is 5.97 Å². The molecule has 1 amide bonds. The van der Waals surface area contributed by atoms with E-state index in [1.165, 1.54) is 17.5 Å². The van der Waals surface area contributed by atoms with Gasteiger partial charge in [0.05, 0.1) is 26.0 Å². The fourth-order valence-electron chi connectivity index (χ4n) is 4.19. The van der Waals surface area contributed by atoms with Crippen molar-refractivity contribution in [2.75, 3.05) is 20.8 Å². The fourth-order valence-corrected chi connectivity index (χ4v) is 4.19.